The highest BCUT2D eigenvalue weighted by Gasteiger charge is 2.53. The van der Waals surface area contributed by atoms with Crippen LogP contribution in [0.5, 0.6) is 0 Å². The van der Waals surface area contributed by atoms with Crippen LogP contribution in [0.25, 0.3) is 0 Å². The summed E-state index contributed by atoms with van der Waals surface area (Å²) >= 11 is 0. The van der Waals surface area contributed by atoms with Crippen molar-refractivity contribution in [2.75, 3.05) is 0 Å². The van der Waals surface area contributed by atoms with Crippen molar-refractivity contribution in [3.8, 4) is 0 Å². The summed E-state index contributed by atoms with van der Waals surface area (Å²) in [6.07, 6.45) is 23.3. The number of hydrogen-bond acceptors (Lipinski definition) is 0. The van der Waals surface area contributed by atoms with E-state index in [1.807, 2.05) is 0 Å². The van der Waals surface area contributed by atoms with E-state index in [0.717, 1.165) is 17.0 Å². The van der Waals surface area contributed by atoms with Gasteiger partial charge in [-0.3, -0.25) is 0 Å². The van der Waals surface area contributed by atoms with Gasteiger partial charge in [-0.25, -0.2) is 0 Å². The van der Waals surface area contributed by atoms with Gasteiger partial charge in [0.05, 0.1) is 17.0 Å². The fourth-order valence-corrected chi connectivity index (χ4v) is 13.7. The summed E-state index contributed by atoms with van der Waals surface area (Å²) in [5.74, 6) is 0. The van der Waals surface area contributed by atoms with Gasteiger partial charge in [0.25, 0.3) is 0 Å². The molecule has 0 aliphatic heterocycles. The summed E-state index contributed by atoms with van der Waals surface area (Å²) in [6.45, 7) is -0.779. The molecule has 0 radical (unpaired) electrons. The third kappa shape index (κ3) is 3.27. The van der Waals surface area contributed by atoms with E-state index < -0.39 is 6.95 Å². The van der Waals surface area contributed by atoms with E-state index in [9.17, 15) is 0 Å². The molecule has 1 atom stereocenters. The molecule has 0 saturated heterocycles. The number of rotatable bonds is 3. The van der Waals surface area contributed by atoms with Gasteiger partial charge in [0.1, 0.15) is 0 Å². The van der Waals surface area contributed by atoms with Gasteiger partial charge in [0.15, 0.2) is 0 Å². The molecule has 1 unspecified atom stereocenters. The van der Waals surface area contributed by atoms with Crippen molar-refractivity contribution >= 4 is 15.9 Å². The molecule has 3 rings (SSSR count). The normalized spacial score (nSPS) is 28.6. The quantitative estimate of drug-likeness (QED) is 0.503. The zero-order chi connectivity index (χ0) is 13.8. The zero-order valence-electron chi connectivity index (χ0n) is 13.4. The van der Waals surface area contributed by atoms with Crippen molar-refractivity contribution in [2.24, 2.45) is 0 Å². The second kappa shape index (κ2) is 7.42. The summed E-state index contributed by atoms with van der Waals surface area (Å²) in [7, 11) is 3.63. The van der Waals surface area contributed by atoms with Crippen molar-refractivity contribution in [1.29, 1.82) is 0 Å². The molecule has 116 valence electrons. The molecule has 0 amide bonds. The second-order valence-electron chi connectivity index (χ2n) is 7.77. The molecule has 20 heavy (non-hydrogen) atoms. The first-order valence-corrected chi connectivity index (χ1v) is 13.1. The Morgan fingerprint density at radius 1 is 0.450 bits per heavy atom. The van der Waals surface area contributed by atoms with Crippen LogP contribution in [0.4, 0.5) is 0 Å². The van der Waals surface area contributed by atoms with Gasteiger partial charge in [-0.1, -0.05) is 19.3 Å². The zero-order valence-corrected chi connectivity index (χ0v) is 15.4. The minimum absolute atomic E-state index is 0.779. The lowest BCUT2D eigenvalue weighted by molar-refractivity contribution is 0.457. The predicted octanol–water partition coefficient (Wildman–Crippen LogP) is 6.79. The Morgan fingerprint density at radius 3 is 0.950 bits per heavy atom. The molecular formula is C18H35P2+. The molecule has 3 aliphatic rings. The highest BCUT2D eigenvalue weighted by Crippen LogP contribution is 2.82. The molecule has 0 bridgehead atoms. The fraction of sp³-hybridized carbons (Fsp3) is 1.00. The Bertz CT molecular complexity index is 238. The average molecular weight is 313 g/mol. The first-order valence-electron chi connectivity index (χ1n) is 9.48. The first kappa shape index (κ1) is 15.7. The lowest BCUT2D eigenvalue weighted by Gasteiger charge is -2.46. The average Bonchev–Trinajstić information content (AvgIpc) is 2.56. The van der Waals surface area contributed by atoms with Crippen molar-refractivity contribution in [1.82, 2.24) is 0 Å². The first-order chi connectivity index (χ1) is 9.82. The molecule has 3 fully saturated rings. The molecule has 3 saturated carbocycles. The Morgan fingerprint density at radius 2 is 0.700 bits per heavy atom. The summed E-state index contributed by atoms with van der Waals surface area (Å²) in [5, 5.41) is 0. The maximum atomic E-state index is 3.63. The van der Waals surface area contributed by atoms with Crippen LogP contribution in [0.15, 0.2) is 0 Å². The van der Waals surface area contributed by atoms with Crippen LogP contribution in [0.2, 0.25) is 0 Å². The molecule has 2 heteroatoms. The Kier molecular flexibility index (Phi) is 5.84. The summed E-state index contributed by atoms with van der Waals surface area (Å²) in [6, 6.07) is 0. The lowest BCUT2D eigenvalue weighted by Crippen LogP contribution is -2.32. The van der Waals surface area contributed by atoms with Crippen molar-refractivity contribution in [2.45, 2.75) is 113 Å². The lowest BCUT2D eigenvalue weighted by atomic mass is 9.99. The molecule has 0 aromatic heterocycles. The van der Waals surface area contributed by atoms with E-state index >= 15 is 0 Å². The monoisotopic (exact) mass is 313 g/mol. The molecule has 3 aliphatic carbocycles. The van der Waals surface area contributed by atoms with E-state index in [1.54, 1.807) is 77.0 Å². The van der Waals surface area contributed by atoms with Crippen LogP contribution < -0.4 is 0 Å². The minimum atomic E-state index is -0.779. The van der Waals surface area contributed by atoms with Crippen LogP contribution >= 0.6 is 15.9 Å². The topological polar surface area (TPSA) is 0 Å². The van der Waals surface area contributed by atoms with Crippen LogP contribution in [0, 0.1) is 0 Å². The van der Waals surface area contributed by atoms with Gasteiger partial charge in [0.2, 0.25) is 0 Å². The highest BCUT2D eigenvalue weighted by molar-refractivity contribution is 8.25. The van der Waals surface area contributed by atoms with Gasteiger partial charge < -0.3 is 0 Å². The summed E-state index contributed by atoms with van der Waals surface area (Å²) < 4.78 is 0. The van der Waals surface area contributed by atoms with E-state index in [0.29, 0.717) is 0 Å². The minimum Gasteiger partial charge on any atom is -0.0530 e. The van der Waals surface area contributed by atoms with E-state index in [4.69, 9.17) is 0 Å². The van der Waals surface area contributed by atoms with Gasteiger partial charge in [-0.15, -0.1) is 0 Å². The SMILES string of the molecule is P[P+](C1CCCCC1)(C1CCCCC1)C1CCCCC1. The third-order valence-corrected chi connectivity index (χ3v) is 15.8. The van der Waals surface area contributed by atoms with Crippen LogP contribution in [-0.2, 0) is 0 Å². The van der Waals surface area contributed by atoms with Gasteiger partial charge >= 0.3 is 0 Å². The van der Waals surface area contributed by atoms with E-state index in [2.05, 4.69) is 8.93 Å². The standard InChI is InChI=1S/C18H35P2/c19-20(16-10-4-1-5-11-16,17-12-6-2-7-13-17)18-14-8-3-9-15-18/h16-18H,1-15,19H2/q+1. The Balaban J connectivity index is 1.79. The second-order valence-corrected chi connectivity index (χ2v) is 14.4. The fourth-order valence-electron chi connectivity index (χ4n) is 5.48. The third-order valence-electron chi connectivity index (χ3n) is 6.62. The maximum Gasteiger partial charge on any atom is 0.0720 e. The maximum absolute atomic E-state index is 3.63. The molecule has 0 heterocycles. The molecule has 0 aromatic rings. The predicted molar refractivity (Wildman–Crippen MR) is 97.2 cm³/mol. The van der Waals surface area contributed by atoms with Gasteiger partial charge in [0, 0.05) is 15.9 Å². The van der Waals surface area contributed by atoms with Gasteiger partial charge in [-0.2, -0.15) is 0 Å². The Labute approximate surface area is 129 Å². The van der Waals surface area contributed by atoms with Crippen molar-refractivity contribution in [3.05, 3.63) is 0 Å². The van der Waals surface area contributed by atoms with E-state index in [1.165, 1.54) is 19.3 Å². The van der Waals surface area contributed by atoms with Crippen LogP contribution in [0.1, 0.15) is 96.3 Å². The molecule has 0 spiro atoms. The van der Waals surface area contributed by atoms with E-state index in [-0.39, 0.29) is 0 Å². The summed E-state index contributed by atoms with van der Waals surface area (Å²) in [5.41, 5.74) is 3.44. The highest BCUT2D eigenvalue weighted by atomic mass is 32.1. The largest absolute Gasteiger partial charge is 0.0720 e. The molecule has 0 aromatic carbocycles. The Hall–Kier alpha value is 0.860. The van der Waals surface area contributed by atoms with Crippen LogP contribution in [-0.4, -0.2) is 17.0 Å². The van der Waals surface area contributed by atoms with Gasteiger partial charge in [-0.05, 0) is 77.0 Å². The molecular weight excluding hydrogens is 278 g/mol. The smallest absolute Gasteiger partial charge is 0.0530 e. The number of hydrogen-bond donors (Lipinski definition) is 0. The summed E-state index contributed by atoms with van der Waals surface area (Å²) in [4.78, 5) is 0. The van der Waals surface area contributed by atoms with Crippen molar-refractivity contribution in [3.63, 3.8) is 0 Å². The van der Waals surface area contributed by atoms with Crippen LogP contribution in [0.3, 0.4) is 0 Å². The van der Waals surface area contributed by atoms with Crippen molar-refractivity contribution < 1.29 is 0 Å². The molecule has 0 nitrogen and oxygen atoms in total. The molecule has 0 N–H and O–H groups in total.